The summed E-state index contributed by atoms with van der Waals surface area (Å²) in [6.07, 6.45) is 9.53. The minimum absolute atomic E-state index is 0.0430. The van der Waals surface area contributed by atoms with E-state index in [1.165, 1.54) is 0 Å². The van der Waals surface area contributed by atoms with Crippen LogP contribution in [0.2, 0.25) is 0 Å². The molecule has 0 bridgehead atoms. The Hall–Kier alpha value is -6.87. The molecule has 8 rings (SSSR count). The van der Waals surface area contributed by atoms with Gasteiger partial charge in [0.1, 0.15) is 47.5 Å². The van der Waals surface area contributed by atoms with Crippen LogP contribution in [0.3, 0.4) is 0 Å². The lowest BCUT2D eigenvalue weighted by Gasteiger charge is -2.31. The zero-order chi connectivity index (χ0) is 46.6. The zero-order valence-corrected chi connectivity index (χ0v) is 38.5. The normalized spacial score (nSPS) is 18.6. The zero-order valence-electron chi connectivity index (χ0n) is 38.5. The highest BCUT2D eigenvalue weighted by Gasteiger charge is 2.39. The first kappa shape index (κ1) is 45.7. The molecule has 4 atom stereocenters. The molecule has 3 aliphatic rings. The van der Waals surface area contributed by atoms with E-state index in [2.05, 4.69) is 61.2 Å². The number of H-pyrrole nitrogens is 2. The molecule has 0 radical (unpaired) electrons. The number of amides is 4. The standard InChI is InChI=1S/C51H60N8O7/c1-50(2,3)65-48(62)56-40(43-18-10-11-27-64-43)31-58-25-12-16-41(58)45-52-30-39(55-45)33-21-19-32(20-22-33)38-29-35-28-36(23-24-37(35)54-38)53-46(60)42-17-13-26-59(42)47(61)44(34-14-8-7-9-15-34)57-49(63)66-51(4,5)6/h7-11,14-15,18-24,28-30,40-42,44,54H,12-13,16-17,25-27,31H2,1-6H3,(H,52,55)(H,53,60)(H,56,62)(H,57,63)/t40?,41-,42-,44+/m0/s1. The summed E-state index contributed by atoms with van der Waals surface area (Å²) in [4.78, 5) is 69.4. The fourth-order valence-electron chi connectivity index (χ4n) is 8.77. The van der Waals surface area contributed by atoms with Gasteiger partial charge in [0.2, 0.25) is 5.91 Å². The number of allylic oxidation sites excluding steroid dienone is 2. The molecule has 15 heteroatoms. The van der Waals surface area contributed by atoms with Gasteiger partial charge in [-0.15, -0.1) is 0 Å². The number of fused-ring (bicyclic) bond motifs is 1. The molecule has 5 N–H and O–H groups in total. The average Bonchev–Trinajstić information content (AvgIpc) is 4.12. The minimum atomic E-state index is -1.02. The van der Waals surface area contributed by atoms with Crippen LogP contribution in [0.25, 0.3) is 33.4 Å². The monoisotopic (exact) mass is 896 g/mol. The summed E-state index contributed by atoms with van der Waals surface area (Å²) < 4.78 is 17.0. The highest BCUT2D eigenvalue weighted by molar-refractivity contribution is 6.00. The number of hydrogen-bond acceptors (Lipinski definition) is 9. The molecule has 0 spiro atoms. The number of anilines is 1. The predicted octanol–water partition coefficient (Wildman–Crippen LogP) is 8.92. The van der Waals surface area contributed by atoms with E-state index in [0.717, 1.165) is 58.6 Å². The number of carbonyl (C=O) groups is 4. The van der Waals surface area contributed by atoms with Crippen LogP contribution >= 0.6 is 0 Å². The Balaban J connectivity index is 0.912. The van der Waals surface area contributed by atoms with Crippen molar-refractivity contribution in [2.45, 2.75) is 103 Å². The molecule has 1 unspecified atom stereocenters. The van der Waals surface area contributed by atoms with Crippen molar-refractivity contribution in [3.63, 3.8) is 0 Å². The summed E-state index contributed by atoms with van der Waals surface area (Å²) in [6, 6.07) is 22.9. The van der Waals surface area contributed by atoms with Gasteiger partial charge in [-0.1, -0.05) is 60.7 Å². The largest absolute Gasteiger partial charge is 0.492 e. The van der Waals surface area contributed by atoms with E-state index in [9.17, 15) is 19.2 Å². The molecular weight excluding hydrogens is 837 g/mol. The second-order valence-corrected chi connectivity index (χ2v) is 19.1. The number of likely N-dealkylation sites (tertiary alicyclic amines) is 2. The summed E-state index contributed by atoms with van der Waals surface area (Å²) >= 11 is 0. The first-order chi connectivity index (χ1) is 31.6. The number of nitrogens with one attached hydrogen (secondary N) is 5. The number of alkyl carbamates (subject to hydrolysis) is 2. The number of rotatable bonds is 12. The number of carbonyl (C=O) groups excluding carboxylic acids is 4. The third-order valence-electron chi connectivity index (χ3n) is 11.7. The van der Waals surface area contributed by atoms with Crippen molar-refractivity contribution in [1.82, 2.24) is 35.4 Å². The molecule has 346 valence electrons. The van der Waals surface area contributed by atoms with Gasteiger partial charge in [-0.2, -0.15) is 0 Å². The highest BCUT2D eigenvalue weighted by Crippen LogP contribution is 2.34. The van der Waals surface area contributed by atoms with Crippen LogP contribution in [-0.2, 0) is 23.8 Å². The van der Waals surface area contributed by atoms with E-state index in [-0.39, 0.29) is 17.9 Å². The lowest BCUT2D eigenvalue weighted by molar-refractivity contribution is -0.138. The number of hydrogen-bond donors (Lipinski definition) is 5. The second-order valence-electron chi connectivity index (χ2n) is 19.1. The molecule has 0 saturated carbocycles. The number of aromatic amines is 2. The number of aromatic nitrogens is 3. The van der Waals surface area contributed by atoms with Gasteiger partial charge in [0.05, 0.1) is 17.9 Å². The summed E-state index contributed by atoms with van der Waals surface area (Å²) in [7, 11) is 0. The lowest BCUT2D eigenvalue weighted by atomic mass is 10.0. The molecule has 2 saturated heterocycles. The van der Waals surface area contributed by atoms with E-state index in [1.54, 1.807) is 49.9 Å². The topological polar surface area (TPSA) is 183 Å². The number of ether oxygens (including phenoxy) is 3. The van der Waals surface area contributed by atoms with E-state index in [4.69, 9.17) is 19.2 Å². The van der Waals surface area contributed by atoms with Gasteiger partial charge in [-0.05, 0) is 127 Å². The second kappa shape index (κ2) is 19.3. The molecule has 3 aliphatic heterocycles. The van der Waals surface area contributed by atoms with Crippen molar-refractivity contribution in [2.24, 2.45) is 0 Å². The Morgan fingerprint density at radius 2 is 1.52 bits per heavy atom. The lowest BCUT2D eigenvalue weighted by Crippen LogP contribution is -2.49. The van der Waals surface area contributed by atoms with Gasteiger partial charge < -0.3 is 45.0 Å². The van der Waals surface area contributed by atoms with Crippen LogP contribution in [0.15, 0.2) is 109 Å². The van der Waals surface area contributed by atoms with E-state index in [0.29, 0.717) is 49.5 Å². The number of nitrogens with zero attached hydrogens (tertiary/aromatic N) is 3. The van der Waals surface area contributed by atoms with Crippen molar-refractivity contribution in [3.05, 3.63) is 120 Å². The number of benzene rings is 3. The van der Waals surface area contributed by atoms with Gasteiger partial charge in [0, 0.05) is 35.4 Å². The Morgan fingerprint density at radius 1 is 0.818 bits per heavy atom. The molecular formula is C51H60N8O7. The van der Waals surface area contributed by atoms with Crippen LogP contribution < -0.4 is 16.0 Å². The van der Waals surface area contributed by atoms with Crippen molar-refractivity contribution >= 4 is 40.6 Å². The fraction of sp³-hybridized carbons (Fsp3) is 0.392. The van der Waals surface area contributed by atoms with Gasteiger partial charge in [0.25, 0.3) is 5.91 Å². The molecule has 0 aliphatic carbocycles. The molecule has 66 heavy (non-hydrogen) atoms. The maximum Gasteiger partial charge on any atom is 0.408 e. The quantitative estimate of drug-likeness (QED) is 0.0817. The van der Waals surface area contributed by atoms with Crippen LogP contribution in [0.1, 0.15) is 90.7 Å². The van der Waals surface area contributed by atoms with Crippen molar-refractivity contribution in [3.8, 4) is 22.5 Å². The first-order valence-electron chi connectivity index (χ1n) is 22.7. The molecule has 5 aromatic rings. The Labute approximate surface area is 385 Å². The number of imidazole rings is 1. The Kier molecular flexibility index (Phi) is 13.4. The van der Waals surface area contributed by atoms with Crippen molar-refractivity contribution in [2.75, 3.05) is 31.6 Å². The molecule has 3 aromatic carbocycles. The molecule has 4 amide bonds. The van der Waals surface area contributed by atoms with Gasteiger partial charge in [-0.3, -0.25) is 14.5 Å². The Bertz CT molecular complexity index is 2600. The van der Waals surface area contributed by atoms with Crippen molar-refractivity contribution < 1.29 is 33.4 Å². The maximum atomic E-state index is 14.1. The van der Waals surface area contributed by atoms with Crippen LogP contribution in [0.4, 0.5) is 15.3 Å². The fourth-order valence-corrected chi connectivity index (χ4v) is 8.77. The van der Waals surface area contributed by atoms with Gasteiger partial charge in [-0.25, -0.2) is 14.6 Å². The van der Waals surface area contributed by atoms with Crippen LogP contribution in [0.5, 0.6) is 0 Å². The molecule has 5 heterocycles. The third-order valence-corrected chi connectivity index (χ3v) is 11.7. The van der Waals surface area contributed by atoms with Crippen molar-refractivity contribution in [1.29, 1.82) is 0 Å². The van der Waals surface area contributed by atoms with Gasteiger partial charge in [0.15, 0.2) is 0 Å². The van der Waals surface area contributed by atoms with Crippen LogP contribution in [0, 0.1) is 0 Å². The smallest absolute Gasteiger partial charge is 0.408 e. The summed E-state index contributed by atoms with van der Waals surface area (Å²) in [5.41, 5.74) is 4.57. The first-order valence-corrected chi connectivity index (χ1v) is 22.7. The average molecular weight is 897 g/mol. The summed E-state index contributed by atoms with van der Waals surface area (Å²) in [6.45, 7) is 13.1. The molecule has 2 fully saturated rings. The predicted molar refractivity (Wildman–Crippen MR) is 253 cm³/mol. The third kappa shape index (κ3) is 11.1. The van der Waals surface area contributed by atoms with Crippen LogP contribution in [-0.4, -0.2) is 98.3 Å². The minimum Gasteiger partial charge on any atom is -0.492 e. The summed E-state index contributed by atoms with van der Waals surface area (Å²) in [5.74, 6) is 0.912. The maximum absolute atomic E-state index is 14.1. The molecule has 15 nitrogen and oxygen atoms in total. The summed E-state index contributed by atoms with van der Waals surface area (Å²) in [5, 5.41) is 9.75. The SMILES string of the molecule is CC(C)(C)OC(=O)NC(CN1CCC[C@H]1c1ncc(-c2ccc(-c3cc4cc(NC(=O)[C@@H]5CCCN5C(=O)[C@H](NC(=O)OC(C)(C)C)c5ccccc5)ccc4[nH]3)cc2)[nH]1)C1=CC=CCO1. The highest BCUT2D eigenvalue weighted by atomic mass is 16.6. The van der Waals surface area contributed by atoms with E-state index in [1.807, 2.05) is 69.5 Å². The van der Waals surface area contributed by atoms with E-state index >= 15 is 0 Å². The van der Waals surface area contributed by atoms with Gasteiger partial charge >= 0.3 is 12.2 Å². The van der Waals surface area contributed by atoms with E-state index < -0.39 is 41.5 Å². The molecule has 2 aromatic heterocycles. The Morgan fingerprint density at radius 3 is 2.21 bits per heavy atom.